The third-order valence-corrected chi connectivity index (χ3v) is 5.54. The smallest absolute Gasteiger partial charge is 0.356 e. The van der Waals surface area contributed by atoms with Crippen LogP contribution in [0.1, 0.15) is 48.3 Å². The van der Waals surface area contributed by atoms with Crippen LogP contribution in [0.3, 0.4) is 0 Å². The number of hydrogen-bond donors (Lipinski definition) is 2. The van der Waals surface area contributed by atoms with Crippen molar-refractivity contribution in [2.45, 2.75) is 32.2 Å². The first-order chi connectivity index (χ1) is 14.8. The summed E-state index contributed by atoms with van der Waals surface area (Å²) in [5.41, 5.74) is 0.328. The fourth-order valence-corrected chi connectivity index (χ4v) is 3.96. The molecule has 1 saturated heterocycles. The maximum Gasteiger partial charge on any atom is 0.356 e. The molecular weight excluding hydrogens is 425 g/mol. The SMILES string of the molecule is C[C@@H](Nc1ccc(Cl)nc1C(=O)O)c1cc(F)cn2c(=O)cc(N3CCCCC3)nc12. The molecule has 0 bridgehead atoms. The summed E-state index contributed by atoms with van der Waals surface area (Å²) < 4.78 is 15.5. The zero-order valence-corrected chi connectivity index (χ0v) is 17.6. The van der Waals surface area contributed by atoms with E-state index in [1.54, 1.807) is 6.92 Å². The number of hydrogen-bond acceptors (Lipinski definition) is 6. The summed E-state index contributed by atoms with van der Waals surface area (Å²) in [4.78, 5) is 34.8. The Kier molecular flexibility index (Phi) is 5.77. The number of carbonyl (C=O) groups is 1. The molecule has 10 heteroatoms. The molecule has 162 valence electrons. The van der Waals surface area contributed by atoms with Crippen molar-refractivity contribution in [3.63, 3.8) is 0 Å². The van der Waals surface area contributed by atoms with Gasteiger partial charge in [-0.15, -0.1) is 0 Å². The largest absolute Gasteiger partial charge is 0.476 e. The molecule has 1 aliphatic rings. The van der Waals surface area contributed by atoms with Crippen molar-refractivity contribution in [3.05, 3.63) is 63.0 Å². The summed E-state index contributed by atoms with van der Waals surface area (Å²) in [6, 6.07) is 5.10. The van der Waals surface area contributed by atoms with Gasteiger partial charge in [0.2, 0.25) is 0 Å². The molecule has 2 N–H and O–H groups in total. The van der Waals surface area contributed by atoms with Gasteiger partial charge in [0.25, 0.3) is 5.56 Å². The number of pyridine rings is 2. The standard InChI is InChI=1S/C21H21ClFN5O3/c1-12(24-15-5-6-16(22)25-19(15)21(30)31)14-9-13(23)11-28-18(29)10-17(26-20(14)28)27-7-3-2-4-8-27/h5-6,9-12,24H,2-4,7-8H2,1H3,(H,30,31)/t12-/m1/s1. The minimum Gasteiger partial charge on any atom is -0.476 e. The summed E-state index contributed by atoms with van der Waals surface area (Å²) in [6.07, 6.45) is 4.29. The third kappa shape index (κ3) is 4.32. The van der Waals surface area contributed by atoms with Gasteiger partial charge in [0.05, 0.1) is 11.7 Å². The maximum absolute atomic E-state index is 14.3. The van der Waals surface area contributed by atoms with Crippen LogP contribution < -0.4 is 15.8 Å². The molecule has 31 heavy (non-hydrogen) atoms. The summed E-state index contributed by atoms with van der Waals surface area (Å²) in [5, 5.41) is 12.5. The van der Waals surface area contributed by atoms with Crippen LogP contribution >= 0.6 is 11.6 Å². The van der Waals surface area contributed by atoms with Crippen molar-refractivity contribution in [1.29, 1.82) is 0 Å². The molecule has 0 aromatic carbocycles. The molecule has 3 aromatic heterocycles. The van der Waals surface area contributed by atoms with Gasteiger partial charge in [0.15, 0.2) is 5.69 Å². The Hall–Kier alpha value is -3.20. The predicted octanol–water partition coefficient (Wildman–Crippen LogP) is 3.74. The fraction of sp³-hybridized carbons (Fsp3) is 0.333. The van der Waals surface area contributed by atoms with Gasteiger partial charge in [-0.2, -0.15) is 0 Å². The average molecular weight is 446 g/mol. The lowest BCUT2D eigenvalue weighted by Crippen LogP contribution is -2.32. The Morgan fingerprint density at radius 1 is 1.23 bits per heavy atom. The normalized spacial score (nSPS) is 15.1. The molecular formula is C21H21ClFN5O3. The number of fused-ring (bicyclic) bond motifs is 1. The molecule has 4 heterocycles. The molecule has 1 fully saturated rings. The minimum absolute atomic E-state index is 0.0474. The van der Waals surface area contributed by atoms with Gasteiger partial charge in [-0.3, -0.25) is 9.20 Å². The predicted molar refractivity (Wildman–Crippen MR) is 116 cm³/mol. The highest BCUT2D eigenvalue weighted by Crippen LogP contribution is 2.27. The van der Waals surface area contributed by atoms with E-state index in [1.807, 2.05) is 0 Å². The van der Waals surface area contributed by atoms with E-state index < -0.39 is 17.8 Å². The first kappa shape index (κ1) is 21.0. The summed E-state index contributed by atoms with van der Waals surface area (Å²) in [5.74, 6) is -1.29. The Bertz CT molecular complexity index is 1210. The number of aromatic carboxylic acids is 1. The Morgan fingerprint density at radius 3 is 2.68 bits per heavy atom. The highest BCUT2D eigenvalue weighted by atomic mass is 35.5. The summed E-state index contributed by atoms with van der Waals surface area (Å²) in [6.45, 7) is 3.35. The summed E-state index contributed by atoms with van der Waals surface area (Å²) >= 11 is 5.82. The van der Waals surface area contributed by atoms with Gasteiger partial charge in [-0.1, -0.05) is 11.6 Å². The quantitative estimate of drug-likeness (QED) is 0.577. The van der Waals surface area contributed by atoms with E-state index in [-0.39, 0.29) is 22.1 Å². The van der Waals surface area contributed by atoms with E-state index in [4.69, 9.17) is 11.6 Å². The first-order valence-electron chi connectivity index (χ1n) is 9.97. The summed E-state index contributed by atoms with van der Waals surface area (Å²) in [7, 11) is 0. The highest BCUT2D eigenvalue weighted by Gasteiger charge is 2.20. The van der Waals surface area contributed by atoms with Crippen LogP contribution in [0.2, 0.25) is 5.15 Å². The van der Waals surface area contributed by atoms with E-state index in [2.05, 4.69) is 20.2 Å². The number of piperidine rings is 1. The zero-order chi connectivity index (χ0) is 22.1. The number of carboxylic acids is 1. The maximum atomic E-state index is 14.3. The second-order valence-corrected chi connectivity index (χ2v) is 7.90. The number of nitrogens with one attached hydrogen (secondary N) is 1. The van der Waals surface area contributed by atoms with Gasteiger partial charge in [-0.25, -0.2) is 19.2 Å². The monoisotopic (exact) mass is 445 g/mol. The van der Waals surface area contributed by atoms with Crippen LogP contribution in [-0.4, -0.2) is 38.5 Å². The van der Waals surface area contributed by atoms with E-state index in [9.17, 15) is 19.1 Å². The van der Waals surface area contributed by atoms with Crippen LogP contribution in [0, 0.1) is 5.82 Å². The number of rotatable bonds is 5. The number of halogens is 2. The molecule has 0 aliphatic carbocycles. The van der Waals surface area contributed by atoms with Gasteiger partial charge in [-0.05, 0) is 44.4 Å². The number of carboxylic acid groups (broad SMARTS) is 1. The van der Waals surface area contributed by atoms with Crippen molar-refractivity contribution in [2.75, 3.05) is 23.3 Å². The Labute approximate surface area is 182 Å². The van der Waals surface area contributed by atoms with Crippen molar-refractivity contribution >= 4 is 34.7 Å². The molecule has 0 radical (unpaired) electrons. The van der Waals surface area contributed by atoms with Crippen LogP contribution in [0.15, 0.2) is 35.3 Å². The van der Waals surface area contributed by atoms with Gasteiger partial charge in [0, 0.05) is 30.9 Å². The van der Waals surface area contributed by atoms with Crippen LogP contribution in [-0.2, 0) is 0 Å². The molecule has 1 atom stereocenters. The molecule has 0 unspecified atom stereocenters. The number of nitrogens with zero attached hydrogens (tertiary/aromatic N) is 4. The average Bonchev–Trinajstić information content (AvgIpc) is 2.75. The van der Waals surface area contributed by atoms with Crippen molar-refractivity contribution < 1.29 is 14.3 Å². The van der Waals surface area contributed by atoms with Crippen LogP contribution in [0.25, 0.3) is 5.65 Å². The van der Waals surface area contributed by atoms with E-state index in [0.29, 0.717) is 17.0 Å². The van der Waals surface area contributed by atoms with E-state index in [0.717, 1.165) is 38.5 Å². The van der Waals surface area contributed by atoms with E-state index in [1.165, 1.54) is 28.7 Å². The first-order valence-corrected chi connectivity index (χ1v) is 10.4. The second-order valence-electron chi connectivity index (χ2n) is 7.51. The molecule has 1 aliphatic heterocycles. The molecule has 8 nitrogen and oxygen atoms in total. The lowest BCUT2D eigenvalue weighted by atomic mass is 10.1. The number of anilines is 2. The van der Waals surface area contributed by atoms with Crippen LogP contribution in [0.4, 0.5) is 15.9 Å². The lowest BCUT2D eigenvalue weighted by Gasteiger charge is -2.28. The molecule has 4 rings (SSSR count). The van der Waals surface area contributed by atoms with Gasteiger partial charge < -0.3 is 15.3 Å². The third-order valence-electron chi connectivity index (χ3n) is 5.33. The zero-order valence-electron chi connectivity index (χ0n) is 16.8. The number of aromatic nitrogens is 3. The van der Waals surface area contributed by atoms with Crippen molar-refractivity contribution in [2.24, 2.45) is 0 Å². The molecule has 0 spiro atoms. The second kappa shape index (κ2) is 8.50. The molecule has 3 aromatic rings. The van der Waals surface area contributed by atoms with E-state index >= 15 is 0 Å². The molecule has 0 amide bonds. The van der Waals surface area contributed by atoms with Gasteiger partial charge in [0.1, 0.15) is 22.4 Å². The fourth-order valence-electron chi connectivity index (χ4n) is 3.81. The lowest BCUT2D eigenvalue weighted by molar-refractivity contribution is 0.0691. The Balaban J connectivity index is 1.78. The Morgan fingerprint density at radius 2 is 1.97 bits per heavy atom. The van der Waals surface area contributed by atoms with Gasteiger partial charge >= 0.3 is 5.97 Å². The van der Waals surface area contributed by atoms with Crippen LogP contribution in [0.5, 0.6) is 0 Å². The minimum atomic E-state index is -1.25. The topological polar surface area (TPSA) is 99.8 Å². The highest BCUT2D eigenvalue weighted by molar-refractivity contribution is 6.29. The molecule has 0 saturated carbocycles. The van der Waals surface area contributed by atoms with Crippen molar-refractivity contribution in [1.82, 2.24) is 14.4 Å². The van der Waals surface area contributed by atoms with Crippen molar-refractivity contribution in [3.8, 4) is 0 Å².